The van der Waals surface area contributed by atoms with E-state index >= 15 is 0 Å². The summed E-state index contributed by atoms with van der Waals surface area (Å²) in [6.07, 6.45) is 2.06. The summed E-state index contributed by atoms with van der Waals surface area (Å²) in [5.74, 6) is -0.220. The fourth-order valence-corrected chi connectivity index (χ4v) is 4.35. The van der Waals surface area contributed by atoms with Gasteiger partial charge in [0.15, 0.2) is 0 Å². The van der Waals surface area contributed by atoms with Gasteiger partial charge in [-0.25, -0.2) is 12.7 Å². The number of rotatable bonds is 5. The Balaban J connectivity index is 2.01. The molecule has 1 amide bonds. The number of benzene rings is 1. The van der Waals surface area contributed by atoms with Crippen LogP contribution in [0.25, 0.3) is 0 Å². The maximum absolute atomic E-state index is 12.4. The molecule has 1 N–H and O–H groups in total. The number of carbonyl (C=O) groups excluding carboxylic acids is 1. The highest BCUT2D eigenvalue weighted by Gasteiger charge is 2.31. The van der Waals surface area contributed by atoms with Gasteiger partial charge in [-0.3, -0.25) is 4.79 Å². The van der Waals surface area contributed by atoms with Gasteiger partial charge in [-0.2, -0.15) is 0 Å². The second-order valence-electron chi connectivity index (χ2n) is 5.87. The van der Waals surface area contributed by atoms with Gasteiger partial charge < -0.3 is 5.32 Å². The average molecular weight is 324 g/mol. The predicted molar refractivity (Wildman–Crippen MR) is 88.2 cm³/mol. The molecule has 6 heteroatoms. The highest BCUT2D eigenvalue weighted by Crippen LogP contribution is 2.21. The summed E-state index contributed by atoms with van der Waals surface area (Å²) in [6, 6.07) is 7.62. The normalized spacial score (nSPS) is 19.8. The minimum absolute atomic E-state index is 0.0954. The van der Waals surface area contributed by atoms with Gasteiger partial charge in [0, 0.05) is 18.8 Å². The van der Waals surface area contributed by atoms with Gasteiger partial charge >= 0.3 is 0 Å². The number of hydrogen-bond donors (Lipinski definition) is 1. The number of hydrogen-bond acceptors (Lipinski definition) is 3. The predicted octanol–water partition coefficient (Wildman–Crippen LogP) is 2.39. The van der Waals surface area contributed by atoms with Crippen molar-refractivity contribution in [2.24, 2.45) is 5.92 Å². The molecule has 1 aliphatic rings. The number of piperidine rings is 1. The molecule has 2 rings (SSSR count). The number of carbonyl (C=O) groups is 1. The van der Waals surface area contributed by atoms with Crippen LogP contribution in [0.5, 0.6) is 0 Å². The fourth-order valence-electron chi connectivity index (χ4n) is 2.76. The van der Waals surface area contributed by atoms with Crippen molar-refractivity contribution in [2.45, 2.75) is 33.1 Å². The Kier molecular flexibility index (Phi) is 5.58. The molecule has 0 spiro atoms. The summed E-state index contributed by atoms with van der Waals surface area (Å²) in [5.41, 5.74) is 1.84. The van der Waals surface area contributed by atoms with E-state index in [1.807, 2.05) is 38.1 Å². The monoisotopic (exact) mass is 324 g/mol. The van der Waals surface area contributed by atoms with Gasteiger partial charge in [0.25, 0.3) is 0 Å². The molecule has 22 heavy (non-hydrogen) atoms. The first-order valence-corrected chi connectivity index (χ1v) is 9.38. The number of anilines is 1. The van der Waals surface area contributed by atoms with Gasteiger partial charge in [-0.15, -0.1) is 0 Å². The van der Waals surface area contributed by atoms with E-state index in [1.54, 1.807) is 0 Å². The number of amides is 1. The summed E-state index contributed by atoms with van der Waals surface area (Å²) in [4.78, 5) is 12.4. The molecule has 0 radical (unpaired) electrons. The van der Waals surface area contributed by atoms with Gasteiger partial charge in [0.2, 0.25) is 15.9 Å². The molecule has 1 aromatic carbocycles. The summed E-state index contributed by atoms with van der Waals surface area (Å²) in [6.45, 7) is 4.63. The van der Waals surface area contributed by atoms with E-state index in [0.29, 0.717) is 19.5 Å². The number of sulfonamides is 1. The van der Waals surface area contributed by atoms with Gasteiger partial charge in [-0.05, 0) is 43.9 Å². The van der Waals surface area contributed by atoms with Crippen LogP contribution in [0, 0.1) is 12.8 Å². The minimum atomic E-state index is -3.23. The van der Waals surface area contributed by atoms with Crippen molar-refractivity contribution in [2.75, 3.05) is 24.2 Å². The highest BCUT2D eigenvalue weighted by molar-refractivity contribution is 7.89. The molecule has 0 aliphatic carbocycles. The SMILES string of the molecule is CCCS(=O)(=O)N1CCCC(C(=O)Nc2cccc(C)c2)C1. The van der Waals surface area contributed by atoms with Crippen LogP contribution in [0.3, 0.4) is 0 Å². The lowest BCUT2D eigenvalue weighted by atomic mass is 9.98. The van der Waals surface area contributed by atoms with E-state index in [2.05, 4.69) is 5.32 Å². The molecular formula is C16H24N2O3S. The molecule has 1 aliphatic heterocycles. The Labute approximate surface area is 132 Å². The zero-order chi connectivity index (χ0) is 16.2. The summed E-state index contributed by atoms with van der Waals surface area (Å²) in [7, 11) is -3.23. The second kappa shape index (κ2) is 7.24. The van der Waals surface area contributed by atoms with Crippen molar-refractivity contribution < 1.29 is 13.2 Å². The third-order valence-electron chi connectivity index (χ3n) is 3.90. The Morgan fingerprint density at radius 3 is 2.86 bits per heavy atom. The van der Waals surface area contributed by atoms with Crippen LogP contribution in [0.4, 0.5) is 5.69 Å². The van der Waals surface area contributed by atoms with Crippen LogP contribution in [0.1, 0.15) is 31.7 Å². The smallest absolute Gasteiger partial charge is 0.228 e. The summed E-state index contributed by atoms with van der Waals surface area (Å²) >= 11 is 0. The van der Waals surface area contributed by atoms with E-state index in [0.717, 1.165) is 24.1 Å². The van der Waals surface area contributed by atoms with Crippen LogP contribution in [-0.2, 0) is 14.8 Å². The Morgan fingerprint density at radius 2 is 2.18 bits per heavy atom. The standard InChI is InChI=1S/C16H24N2O3S/c1-3-10-22(20,21)18-9-5-7-14(12-18)16(19)17-15-8-4-6-13(2)11-15/h4,6,8,11,14H,3,5,7,9-10,12H2,1-2H3,(H,17,19). The molecule has 122 valence electrons. The molecule has 1 atom stereocenters. The van der Waals surface area contributed by atoms with Crippen molar-refractivity contribution in [3.63, 3.8) is 0 Å². The molecule has 5 nitrogen and oxygen atoms in total. The van der Waals surface area contributed by atoms with Crippen LogP contribution >= 0.6 is 0 Å². The minimum Gasteiger partial charge on any atom is -0.326 e. The molecule has 1 aromatic rings. The van der Waals surface area contributed by atoms with Crippen molar-refractivity contribution in [3.05, 3.63) is 29.8 Å². The van der Waals surface area contributed by atoms with E-state index in [9.17, 15) is 13.2 Å². The van der Waals surface area contributed by atoms with Gasteiger partial charge in [0.05, 0.1) is 11.7 Å². The largest absolute Gasteiger partial charge is 0.326 e. The number of nitrogens with zero attached hydrogens (tertiary/aromatic N) is 1. The third kappa shape index (κ3) is 4.30. The Hall–Kier alpha value is -1.40. The van der Waals surface area contributed by atoms with Crippen molar-refractivity contribution in [1.82, 2.24) is 4.31 Å². The number of aryl methyl sites for hydroxylation is 1. The topological polar surface area (TPSA) is 66.5 Å². The first kappa shape index (κ1) is 17.0. The zero-order valence-electron chi connectivity index (χ0n) is 13.2. The maximum atomic E-state index is 12.4. The van der Waals surface area contributed by atoms with Crippen molar-refractivity contribution in [1.29, 1.82) is 0 Å². The lowest BCUT2D eigenvalue weighted by Crippen LogP contribution is -2.44. The first-order valence-electron chi connectivity index (χ1n) is 7.77. The molecule has 1 saturated heterocycles. The lowest BCUT2D eigenvalue weighted by Gasteiger charge is -2.31. The van der Waals surface area contributed by atoms with Crippen LogP contribution < -0.4 is 5.32 Å². The summed E-state index contributed by atoms with van der Waals surface area (Å²) in [5, 5.41) is 2.90. The molecule has 0 aromatic heterocycles. The van der Waals surface area contributed by atoms with Crippen molar-refractivity contribution in [3.8, 4) is 0 Å². The molecular weight excluding hydrogens is 300 g/mol. The molecule has 1 heterocycles. The van der Waals surface area contributed by atoms with Gasteiger partial charge in [-0.1, -0.05) is 19.1 Å². The van der Waals surface area contributed by atoms with E-state index < -0.39 is 10.0 Å². The van der Waals surface area contributed by atoms with E-state index in [-0.39, 0.29) is 17.6 Å². The van der Waals surface area contributed by atoms with Crippen molar-refractivity contribution >= 4 is 21.6 Å². The first-order chi connectivity index (χ1) is 10.4. The molecule has 1 fully saturated rings. The molecule has 0 bridgehead atoms. The highest BCUT2D eigenvalue weighted by atomic mass is 32.2. The lowest BCUT2D eigenvalue weighted by molar-refractivity contribution is -0.120. The second-order valence-corrected chi connectivity index (χ2v) is 7.96. The Morgan fingerprint density at radius 1 is 1.41 bits per heavy atom. The summed E-state index contributed by atoms with van der Waals surface area (Å²) < 4.78 is 25.8. The third-order valence-corrected chi connectivity index (χ3v) is 5.94. The maximum Gasteiger partial charge on any atom is 0.228 e. The molecule has 1 unspecified atom stereocenters. The fraction of sp³-hybridized carbons (Fsp3) is 0.562. The van der Waals surface area contributed by atoms with E-state index in [4.69, 9.17) is 0 Å². The quantitative estimate of drug-likeness (QED) is 0.904. The van der Waals surface area contributed by atoms with Crippen LogP contribution in [0.2, 0.25) is 0 Å². The zero-order valence-corrected chi connectivity index (χ0v) is 14.0. The number of nitrogens with one attached hydrogen (secondary N) is 1. The average Bonchev–Trinajstić information content (AvgIpc) is 2.47. The molecule has 0 saturated carbocycles. The van der Waals surface area contributed by atoms with E-state index in [1.165, 1.54) is 4.31 Å². The van der Waals surface area contributed by atoms with Crippen LogP contribution in [-0.4, -0.2) is 37.5 Å². The Bertz CT molecular complexity index is 628. The van der Waals surface area contributed by atoms with Gasteiger partial charge in [0.1, 0.15) is 0 Å². The van der Waals surface area contributed by atoms with Crippen LogP contribution in [0.15, 0.2) is 24.3 Å².